The van der Waals surface area contributed by atoms with Crippen molar-refractivity contribution < 1.29 is 0 Å². The predicted octanol–water partition coefficient (Wildman–Crippen LogP) is 3.64. The molecule has 116 valence electrons. The number of anilines is 1. The predicted molar refractivity (Wildman–Crippen MR) is 95.1 cm³/mol. The van der Waals surface area contributed by atoms with E-state index in [9.17, 15) is 0 Å². The van der Waals surface area contributed by atoms with E-state index in [0.29, 0.717) is 11.5 Å². The van der Waals surface area contributed by atoms with Gasteiger partial charge >= 0.3 is 0 Å². The molecular formula is C19H15N5. The lowest BCUT2D eigenvalue weighted by Crippen LogP contribution is -1.98. The van der Waals surface area contributed by atoms with E-state index in [1.165, 1.54) is 11.9 Å². The van der Waals surface area contributed by atoms with Crippen LogP contribution in [0.3, 0.4) is 0 Å². The van der Waals surface area contributed by atoms with Gasteiger partial charge in [0.25, 0.3) is 0 Å². The van der Waals surface area contributed by atoms with Gasteiger partial charge in [-0.3, -0.25) is 4.98 Å². The number of nitrogens with zero attached hydrogens (tertiary/aromatic N) is 4. The van der Waals surface area contributed by atoms with Gasteiger partial charge < -0.3 is 5.73 Å². The fourth-order valence-corrected chi connectivity index (χ4v) is 2.68. The first-order valence-corrected chi connectivity index (χ1v) is 7.61. The molecule has 0 radical (unpaired) electrons. The Hall–Kier alpha value is -3.34. The minimum Gasteiger partial charge on any atom is -0.383 e. The third-order valence-electron chi connectivity index (χ3n) is 3.95. The molecular weight excluding hydrogens is 298 g/mol. The lowest BCUT2D eigenvalue weighted by Gasteiger charge is -2.11. The van der Waals surface area contributed by atoms with Gasteiger partial charge in [-0.05, 0) is 30.7 Å². The van der Waals surface area contributed by atoms with E-state index in [2.05, 4.69) is 46.1 Å². The maximum Gasteiger partial charge on any atom is 0.165 e. The summed E-state index contributed by atoms with van der Waals surface area (Å²) >= 11 is 0. The second kappa shape index (κ2) is 5.70. The van der Waals surface area contributed by atoms with Crippen LogP contribution in [0, 0.1) is 6.92 Å². The summed E-state index contributed by atoms with van der Waals surface area (Å²) in [7, 11) is 0. The molecule has 0 saturated carbocycles. The second-order valence-corrected chi connectivity index (χ2v) is 5.62. The van der Waals surface area contributed by atoms with Gasteiger partial charge in [0, 0.05) is 23.5 Å². The smallest absolute Gasteiger partial charge is 0.165 e. The Morgan fingerprint density at radius 1 is 0.958 bits per heavy atom. The number of pyridine rings is 2. The SMILES string of the molecule is Cc1ccc(-c2cc3c(N)ncnc3nc2-c2cccnc2)cc1. The standard InChI is InChI=1S/C19H15N5/c1-12-4-6-13(7-5-12)15-9-16-18(20)22-11-23-19(16)24-17(15)14-3-2-8-21-10-14/h2-11H,1H3,(H2,20,22,23,24). The molecule has 4 rings (SSSR count). The summed E-state index contributed by atoms with van der Waals surface area (Å²) in [5, 5.41) is 0.751. The Balaban J connectivity index is 2.05. The average molecular weight is 313 g/mol. The molecule has 3 aromatic heterocycles. The Kier molecular flexibility index (Phi) is 3.39. The van der Waals surface area contributed by atoms with E-state index in [4.69, 9.17) is 10.7 Å². The number of rotatable bonds is 2. The van der Waals surface area contributed by atoms with Crippen LogP contribution in [0.5, 0.6) is 0 Å². The molecule has 3 heterocycles. The number of nitrogen functional groups attached to an aromatic ring is 1. The van der Waals surface area contributed by atoms with Gasteiger partial charge in [-0.15, -0.1) is 0 Å². The molecule has 0 aliphatic heterocycles. The van der Waals surface area contributed by atoms with Crippen molar-refractivity contribution in [3.63, 3.8) is 0 Å². The first kappa shape index (κ1) is 14.3. The summed E-state index contributed by atoms with van der Waals surface area (Å²) in [6.45, 7) is 2.07. The lowest BCUT2D eigenvalue weighted by molar-refractivity contribution is 1.19. The molecule has 2 N–H and O–H groups in total. The van der Waals surface area contributed by atoms with Crippen molar-refractivity contribution in [3.05, 3.63) is 66.7 Å². The Bertz CT molecular complexity index is 1010. The van der Waals surface area contributed by atoms with Crippen molar-refractivity contribution in [3.8, 4) is 22.4 Å². The molecule has 0 atom stereocenters. The Morgan fingerprint density at radius 2 is 1.79 bits per heavy atom. The third-order valence-corrected chi connectivity index (χ3v) is 3.95. The van der Waals surface area contributed by atoms with Crippen LogP contribution >= 0.6 is 0 Å². The number of hydrogen-bond donors (Lipinski definition) is 1. The van der Waals surface area contributed by atoms with Gasteiger partial charge in [-0.1, -0.05) is 29.8 Å². The molecule has 0 fully saturated rings. The highest BCUT2D eigenvalue weighted by Gasteiger charge is 2.13. The van der Waals surface area contributed by atoms with Gasteiger partial charge in [0.15, 0.2) is 5.65 Å². The van der Waals surface area contributed by atoms with E-state index in [0.717, 1.165) is 27.8 Å². The molecule has 0 spiro atoms. The van der Waals surface area contributed by atoms with Gasteiger partial charge in [0.05, 0.1) is 11.1 Å². The summed E-state index contributed by atoms with van der Waals surface area (Å²) < 4.78 is 0. The van der Waals surface area contributed by atoms with Gasteiger partial charge in [-0.2, -0.15) is 0 Å². The molecule has 0 saturated heterocycles. The van der Waals surface area contributed by atoms with Gasteiger partial charge in [0.1, 0.15) is 12.1 Å². The third kappa shape index (κ3) is 2.46. The van der Waals surface area contributed by atoms with Crippen LogP contribution in [0.15, 0.2) is 61.2 Å². The van der Waals surface area contributed by atoms with Crippen molar-refractivity contribution >= 4 is 16.9 Å². The van der Waals surface area contributed by atoms with E-state index >= 15 is 0 Å². The fourth-order valence-electron chi connectivity index (χ4n) is 2.68. The van der Waals surface area contributed by atoms with E-state index in [1.807, 2.05) is 18.2 Å². The molecule has 0 aliphatic carbocycles. The van der Waals surface area contributed by atoms with E-state index in [-0.39, 0.29) is 0 Å². The molecule has 5 nitrogen and oxygen atoms in total. The summed E-state index contributed by atoms with van der Waals surface area (Å²) in [6, 6.07) is 14.2. The van der Waals surface area contributed by atoms with Crippen LogP contribution in [0.1, 0.15) is 5.56 Å². The zero-order valence-electron chi connectivity index (χ0n) is 13.1. The number of nitrogens with two attached hydrogens (primary N) is 1. The zero-order chi connectivity index (χ0) is 16.5. The van der Waals surface area contributed by atoms with E-state index < -0.39 is 0 Å². The number of aryl methyl sites for hydroxylation is 1. The van der Waals surface area contributed by atoms with Crippen LogP contribution in [-0.2, 0) is 0 Å². The molecule has 5 heteroatoms. The molecule has 0 unspecified atom stereocenters. The molecule has 4 aromatic rings. The van der Waals surface area contributed by atoms with Crippen molar-refractivity contribution in [2.24, 2.45) is 0 Å². The quantitative estimate of drug-likeness (QED) is 0.611. The van der Waals surface area contributed by atoms with Crippen molar-refractivity contribution in [1.29, 1.82) is 0 Å². The van der Waals surface area contributed by atoms with Crippen molar-refractivity contribution in [2.45, 2.75) is 6.92 Å². The topological polar surface area (TPSA) is 77.6 Å². The van der Waals surface area contributed by atoms with Crippen LogP contribution in [0.25, 0.3) is 33.4 Å². The summed E-state index contributed by atoms with van der Waals surface area (Å²) in [4.78, 5) is 17.3. The van der Waals surface area contributed by atoms with Crippen LogP contribution in [-0.4, -0.2) is 19.9 Å². The summed E-state index contributed by atoms with van der Waals surface area (Å²) in [5.74, 6) is 0.429. The largest absolute Gasteiger partial charge is 0.383 e. The number of fused-ring (bicyclic) bond motifs is 1. The maximum atomic E-state index is 6.01. The number of hydrogen-bond acceptors (Lipinski definition) is 5. The van der Waals surface area contributed by atoms with Crippen molar-refractivity contribution in [2.75, 3.05) is 5.73 Å². The first-order chi connectivity index (χ1) is 11.7. The Labute approximate surface area is 139 Å². The maximum absolute atomic E-state index is 6.01. The minimum atomic E-state index is 0.429. The zero-order valence-corrected chi connectivity index (χ0v) is 13.1. The van der Waals surface area contributed by atoms with Gasteiger partial charge in [0.2, 0.25) is 0 Å². The van der Waals surface area contributed by atoms with Crippen LogP contribution in [0.2, 0.25) is 0 Å². The minimum absolute atomic E-state index is 0.429. The lowest BCUT2D eigenvalue weighted by atomic mass is 9.98. The summed E-state index contributed by atoms with van der Waals surface area (Å²) in [5.41, 5.74) is 11.6. The van der Waals surface area contributed by atoms with Crippen LogP contribution < -0.4 is 5.73 Å². The molecule has 0 amide bonds. The first-order valence-electron chi connectivity index (χ1n) is 7.61. The highest BCUT2D eigenvalue weighted by molar-refractivity contribution is 5.94. The highest BCUT2D eigenvalue weighted by atomic mass is 15.0. The summed E-state index contributed by atoms with van der Waals surface area (Å²) in [6.07, 6.45) is 4.98. The Morgan fingerprint density at radius 3 is 2.54 bits per heavy atom. The molecule has 0 aliphatic rings. The number of benzene rings is 1. The second-order valence-electron chi connectivity index (χ2n) is 5.62. The monoisotopic (exact) mass is 313 g/mol. The van der Waals surface area contributed by atoms with E-state index in [1.54, 1.807) is 12.4 Å². The van der Waals surface area contributed by atoms with Gasteiger partial charge in [-0.25, -0.2) is 15.0 Å². The molecule has 1 aromatic carbocycles. The van der Waals surface area contributed by atoms with Crippen LogP contribution in [0.4, 0.5) is 5.82 Å². The average Bonchev–Trinajstić information content (AvgIpc) is 2.63. The fraction of sp³-hybridized carbons (Fsp3) is 0.0526. The number of aromatic nitrogens is 4. The highest BCUT2D eigenvalue weighted by Crippen LogP contribution is 2.33. The normalized spacial score (nSPS) is 10.9. The molecule has 24 heavy (non-hydrogen) atoms. The molecule has 0 bridgehead atoms. The van der Waals surface area contributed by atoms with Crippen molar-refractivity contribution in [1.82, 2.24) is 19.9 Å².